The molecule has 1 heterocycles. The molecule has 0 saturated heterocycles. The summed E-state index contributed by atoms with van der Waals surface area (Å²) >= 11 is 3.25. The number of hydrogen-bond acceptors (Lipinski definition) is 4. The van der Waals surface area contributed by atoms with Crippen LogP contribution in [-0.2, 0) is 4.79 Å². The Morgan fingerprint density at radius 2 is 2.11 bits per heavy atom. The second-order valence-electron chi connectivity index (χ2n) is 3.44. The Kier molecular flexibility index (Phi) is 5.57. The van der Waals surface area contributed by atoms with Crippen molar-refractivity contribution < 1.29 is 9.59 Å². The first-order valence-electron chi connectivity index (χ1n) is 5.46. The molecule has 0 fully saturated rings. The van der Waals surface area contributed by atoms with Crippen LogP contribution in [0.5, 0.6) is 0 Å². The van der Waals surface area contributed by atoms with E-state index in [-0.39, 0.29) is 18.4 Å². The zero-order chi connectivity index (χ0) is 13.5. The van der Waals surface area contributed by atoms with Crippen molar-refractivity contribution >= 4 is 33.6 Å². The van der Waals surface area contributed by atoms with E-state index in [0.29, 0.717) is 22.4 Å². The van der Waals surface area contributed by atoms with Crippen LogP contribution in [0.25, 0.3) is 0 Å². The highest BCUT2D eigenvalue weighted by molar-refractivity contribution is 9.10. The summed E-state index contributed by atoms with van der Waals surface area (Å²) in [6.45, 7) is 2.30. The Balaban J connectivity index is 2.71. The molecule has 2 amide bonds. The summed E-state index contributed by atoms with van der Waals surface area (Å²) in [5, 5.41) is 7.95. The number of carbonyl (C=O) groups is 2. The number of aromatic nitrogens is 1. The molecule has 0 unspecified atom stereocenters. The van der Waals surface area contributed by atoms with Gasteiger partial charge in [0.2, 0.25) is 5.91 Å². The molecular formula is C11H15BrN4O2. The highest BCUT2D eigenvalue weighted by Crippen LogP contribution is 2.17. The van der Waals surface area contributed by atoms with Gasteiger partial charge in [0.1, 0.15) is 5.82 Å². The van der Waals surface area contributed by atoms with Gasteiger partial charge in [-0.2, -0.15) is 0 Å². The smallest absolute Gasteiger partial charge is 0.255 e. The number of rotatable bonds is 5. The van der Waals surface area contributed by atoms with E-state index in [9.17, 15) is 9.59 Å². The van der Waals surface area contributed by atoms with Crippen LogP contribution < -0.4 is 16.0 Å². The normalized spacial score (nSPS) is 9.72. The molecule has 1 rings (SSSR count). The molecule has 1 aromatic rings. The second-order valence-corrected chi connectivity index (χ2v) is 4.35. The number of hydrogen-bond donors (Lipinski definition) is 3. The molecule has 0 saturated carbocycles. The summed E-state index contributed by atoms with van der Waals surface area (Å²) in [6, 6.07) is 1.64. The van der Waals surface area contributed by atoms with E-state index in [4.69, 9.17) is 0 Å². The zero-order valence-electron chi connectivity index (χ0n) is 10.2. The quantitative estimate of drug-likeness (QED) is 0.749. The number of pyridine rings is 1. The van der Waals surface area contributed by atoms with Gasteiger partial charge < -0.3 is 16.0 Å². The first-order valence-corrected chi connectivity index (χ1v) is 6.26. The minimum Gasteiger partial charge on any atom is -0.372 e. The van der Waals surface area contributed by atoms with E-state index in [1.165, 1.54) is 0 Å². The van der Waals surface area contributed by atoms with Gasteiger partial charge in [-0.05, 0) is 28.9 Å². The number of anilines is 1. The van der Waals surface area contributed by atoms with E-state index >= 15 is 0 Å². The van der Waals surface area contributed by atoms with E-state index in [1.54, 1.807) is 19.3 Å². The van der Waals surface area contributed by atoms with Crippen molar-refractivity contribution in [3.8, 4) is 0 Å². The standard InChI is InChI=1S/C11H15BrN4O2/c1-3-14-9(17)6-16-11(18)8-4-7(12)5-15-10(8)13-2/h4-5H,3,6H2,1-2H3,(H,13,15)(H,14,17)(H,16,18). The molecule has 0 aliphatic carbocycles. The Morgan fingerprint density at radius 3 is 2.72 bits per heavy atom. The van der Waals surface area contributed by atoms with E-state index in [2.05, 4.69) is 36.9 Å². The Bertz CT molecular complexity index is 451. The van der Waals surface area contributed by atoms with Crippen molar-refractivity contribution in [1.82, 2.24) is 15.6 Å². The van der Waals surface area contributed by atoms with Gasteiger partial charge in [-0.3, -0.25) is 9.59 Å². The summed E-state index contributed by atoms with van der Waals surface area (Å²) in [5.74, 6) is -0.106. The molecule has 6 nitrogen and oxygen atoms in total. The maximum Gasteiger partial charge on any atom is 0.255 e. The monoisotopic (exact) mass is 314 g/mol. The van der Waals surface area contributed by atoms with Crippen molar-refractivity contribution in [3.63, 3.8) is 0 Å². The largest absolute Gasteiger partial charge is 0.372 e. The molecule has 18 heavy (non-hydrogen) atoms. The van der Waals surface area contributed by atoms with Crippen LogP contribution >= 0.6 is 15.9 Å². The molecule has 3 N–H and O–H groups in total. The lowest BCUT2D eigenvalue weighted by atomic mass is 10.2. The molecule has 0 aliphatic heterocycles. The molecule has 0 aliphatic rings. The van der Waals surface area contributed by atoms with Gasteiger partial charge in [-0.1, -0.05) is 0 Å². The van der Waals surface area contributed by atoms with Crippen molar-refractivity contribution in [2.24, 2.45) is 0 Å². The maximum atomic E-state index is 11.9. The summed E-state index contributed by atoms with van der Waals surface area (Å²) in [7, 11) is 1.68. The van der Waals surface area contributed by atoms with Crippen LogP contribution in [0.3, 0.4) is 0 Å². The van der Waals surface area contributed by atoms with Crippen molar-refractivity contribution in [2.75, 3.05) is 25.5 Å². The molecule has 1 aromatic heterocycles. The summed E-state index contributed by atoms with van der Waals surface area (Å²) in [4.78, 5) is 27.2. The molecule has 98 valence electrons. The fraction of sp³-hybridized carbons (Fsp3) is 0.364. The Morgan fingerprint density at radius 1 is 1.39 bits per heavy atom. The fourth-order valence-electron chi connectivity index (χ4n) is 1.33. The van der Waals surface area contributed by atoms with Crippen molar-refractivity contribution in [2.45, 2.75) is 6.92 Å². The van der Waals surface area contributed by atoms with Gasteiger partial charge in [-0.25, -0.2) is 4.98 Å². The van der Waals surface area contributed by atoms with Crippen LogP contribution in [0.15, 0.2) is 16.7 Å². The number of nitrogens with one attached hydrogen (secondary N) is 3. The van der Waals surface area contributed by atoms with E-state index in [1.807, 2.05) is 6.92 Å². The molecule has 0 atom stereocenters. The Hall–Kier alpha value is -1.63. The van der Waals surface area contributed by atoms with Gasteiger partial charge in [-0.15, -0.1) is 0 Å². The number of likely N-dealkylation sites (N-methyl/N-ethyl adjacent to an activating group) is 1. The average Bonchev–Trinajstić information content (AvgIpc) is 2.36. The predicted molar refractivity (Wildman–Crippen MR) is 72.5 cm³/mol. The number of carbonyl (C=O) groups excluding carboxylic acids is 2. The van der Waals surface area contributed by atoms with Crippen molar-refractivity contribution in [1.29, 1.82) is 0 Å². The molecular weight excluding hydrogens is 300 g/mol. The third-order valence-electron chi connectivity index (χ3n) is 2.12. The zero-order valence-corrected chi connectivity index (χ0v) is 11.8. The first-order chi connectivity index (χ1) is 8.58. The molecule has 0 bridgehead atoms. The highest BCUT2D eigenvalue weighted by atomic mass is 79.9. The third kappa shape index (κ3) is 3.99. The van der Waals surface area contributed by atoms with Crippen LogP contribution in [0.1, 0.15) is 17.3 Å². The minimum atomic E-state index is -0.348. The Labute approximate surface area is 114 Å². The van der Waals surface area contributed by atoms with Gasteiger partial charge in [0.15, 0.2) is 0 Å². The van der Waals surface area contributed by atoms with Crippen LogP contribution in [-0.4, -0.2) is 36.9 Å². The van der Waals surface area contributed by atoms with Gasteiger partial charge >= 0.3 is 0 Å². The van der Waals surface area contributed by atoms with Gasteiger partial charge in [0.05, 0.1) is 12.1 Å². The average molecular weight is 315 g/mol. The summed E-state index contributed by atoms with van der Waals surface area (Å²) < 4.78 is 0.699. The molecule has 7 heteroatoms. The molecule has 0 radical (unpaired) electrons. The lowest BCUT2D eigenvalue weighted by Gasteiger charge is -2.09. The van der Waals surface area contributed by atoms with Gasteiger partial charge in [0, 0.05) is 24.3 Å². The molecule has 0 aromatic carbocycles. The van der Waals surface area contributed by atoms with Crippen LogP contribution in [0.4, 0.5) is 5.82 Å². The SMILES string of the molecule is CCNC(=O)CNC(=O)c1cc(Br)cnc1NC. The number of halogens is 1. The van der Waals surface area contributed by atoms with Crippen LogP contribution in [0.2, 0.25) is 0 Å². The van der Waals surface area contributed by atoms with Crippen molar-refractivity contribution in [3.05, 3.63) is 22.3 Å². The predicted octanol–water partition coefficient (Wildman–Crippen LogP) is 0.752. The number of amides is 2. The third-order valence-corrected chi connectivity index (χ3v) is 2.55. The molecule has 0 spiro atoms. The minimum absolute atomic E-state index is 0.0532. The summed E-state index contributed by atoms with van der Waals surface area (Å²) in [6.07, 6.45) is 1.59. The highest BCUT2D eigenvalue weighted by Gasteiger charge is 2.13. The lowest BCUT2D eigenvalue weighted by molar-refractivity contribution is -0.120. The van der Waals surface area contributed by atoms with E-state index < -0.39 is 0 Å². The van der Waals surface area contributed by atoms with Crippen LogP contribution in [0, 0.1) is 0 Å². The number of nitrogens with zero attached hydrogens (tertiary/aromatic N) is 1. The topological polar surface area (TPSA) is 83.1 Å². The fourth-order valence-corrected chi connectivity index (χ4v) is 1.66. The van der Waals surface area contributed by atoms with Gasteiger partial charge in [0.25, 0.3) is 5.91 Å². The summed E-state index contributed by atoms with van der Waals surface area (Å²) in [5.41, 5.74) is 0.385. The second kappa shape index (κ2) is 6.95. The lowest BCUT2D eigenvalue weighted by Crippen LogP contribution is -2.37. The van der Waals surface area contributed by atoms with E-state index in [0.717, 1.165) is 0 Å². The maximum absolute atomic E-state index is 11.9. The first kappa shape index (κ1) is 14.4.